The lowest BCUT2D eigenvalue weighted by molar-refractivity contribution is -0.117. The summed E-state index contributed by atoms with van der Waals surface area (Å²) in [7, 11) is 0. The molecule has 0 saturated carbocycles. The van der Waals surface area contributed by atoms with E-state index in [0.717, 1.165) is 48.0 Å². The molecule has 0 aliphatic rings. The number of amides is 1. The van der Waals surface area contributed by atoms with Gasteiger partial charge in [0, 0.05) is 30.4 Å². The number of hydrogen-bond acceptors (Lipinski definition) is 6. The van der Waals surface area contributed by atoms with Crippen LogP contribution in [0.15, 0.2) is 54.4 Å². The maximum Gasteiger partial charge on any atom is 0.268 e. The van der Waals surface area contributed by atoms with Gasteiger partial charge in [-0.25, -0.2) is 5.84 Å². The smallest absolute Gasteiger partial charge is 0.268 e. The van der Waals surface area contributed by atoms with Crippen molar-refractivity contribution in [2.24, 2.45) is 17.5 Å². The molecule has 3 rings (SSSR count). The summed E-state index contributed by atoms with van der Waals surface area (Å²) in [5.74, 6) is 6.23. The Bertz CT molecular complexity index is 1040. The molecular formula is C24H33N7O. The quantitative estimate of drug-likeness (QED) is 0.159. The second-order valence-corrected chi connectivity index (χ2v) is 8.48. The Morgan fingerprint density at radius 2 is 1.97 bits per heavy atom. The van der Waals surface area contributed by atoms with E-state index in [4.69, 9.17) is 11.6 Å². The van der Waals surface area contributed by atoms with Crippen molar-refractivity contribution in [1.29, 1.82) is 0 Å². The Balaban J connectivity index is 1.41. The van der Waals surface area contributed by atoms with Crippen molar-refractivity contribution in [2.75, 3.05) is 6.54 Å². The fourth-order valence-electron chi connectivity index (χ4n) is 3.49. The molecule has 0 unspecified atom stereocenters. The van der Waals surface area contributed by atoms with Crippen LogP contribution in [0.3, 0.4) is 0 Å². The van der Waals surface area contributed by atoms with Gasteiger partial charge >= 0.3 is 0 Å². The highest BCUT2D eigenvalue weighted by Gasteiger charge is 2.08. The van der Waals surface area contributed by atoms with Crippen molar-refractivity contribution in [3.8, 4) is 0 Å². The fraction of sp³-hybridized carbons (Fsp3) is 0.375. The number of nitrogens with one attached hydrogen (secondary N) is 2. The third-order valence-corrected chi connectivity index (χ3v) is 5.07. The lowest BCUT2D eigenvalue weighted by Gasteiger charge is -2.14. The van der Waals surface area contributed by atoms with Crippen LogP contribution in [0.25, 0.3) is 11.0 Å². The number of rotatable bonds is 11. The van der Waals surface area contributed by atoms with Gasteiger partial charge in [0.15, 0.2) is 5.65 Å². The minimum Gasteiger partial charge on any atom is -0.393 e. The second kappa shape index (κ2) is 11.3. The average Bonchev–Trinajstić information content (AvgIpc) is 3.16. The predicted octanol–water partition coefficient (Wildman–Crippen LogP) is 2.77. The molecule has 2 aromatic heterocycles. The Labute approximate surface area is 189 Å². The van der Waals surface area contributed by atoms with Crippen molar-refractivity contribution in [3.05, 3.63) is 71.3 Å². The van der Waals surface area contributed by atoms with Gasteiger partial charge in [-0.2, -0.15) is 5.10 Å². The molecule has 1 amide bonds. The van der Waals surface area contributed by atoms with Gasteiger partial charge in [0.25, 0.3) is 5.91 Å². The minimum absolute atomic E-state index is 0.0874. The van der Waals surface area contributed by atoms with E-state index in [9.17, 15) is 4.79 Å². The molecule has 0 bridgehead atoms. The molecule has 3 aromatic rings. The third-order valence-electron chi connectivity index (χ3n) is 5.07. The molecule has 0 aliphatic carbocycles. The van der Waals surface area contributed by atoms with Crippen LogP contribution >= 0.6 is 0 Å². The van der Waals surface area contributed by atoms with Crippen molar-refractivity contribution < 1.29 is 4.79 Å². The third kappa shape index (κ3) is 7.09. The van der Waals surface area contributed by atoms with Gasteiger partial charge in [-0.3, -0.25) is 4.79 Å². The first kappa shape index (κ1) is 23.3. The van der Waals surface area contributed by atoms with Gasteiger partial charge < -0.3 is 21.0 Å². The maximum absolute atomic E-state index is 12.1. The predicted molar refractivity (Wildman–Crippen MR) is 127 cm³/mol. The summed E-state index contributed by atoms with van der Waals surface area (Å²) in [6.07, 6.45) is 5.04. The van der Waals surface area contributed by atoms with Crippen LogP contribution in [0, 0.1) is 5.92 Å². The van der Waals surface area contributed by atoms with Crippen molar-refractivity contribution in [1.82, 2.24) is 25.5 Å². The lowest BCUT2D eigenvalue weighted by atomic mass is 10.1. The van der Waals surface area contributed by atoms with Gasteiger partial charge in [-0.15, -0.1) is 5.10 Å². The molecule has 0 fully saturated rings. The topological polar surface area (TPSA) is 126 Å². The molecule has 8 nitrogen and oxygen atoms in total. The normalized spacial score (nSPS) is 11.8. The van der Waals surface area contributed by atoms with E-state index in [0.29, 0.717) is 19.0 Å². The van der Waals surface area contributed by atoms with Gasteiger partial charge in [0.1, 0.15) is 5.70 Å². The summed E-state index contributed by atoms with van der Waals surface area (Å²) in [6, 6.07) is 13.9. The van der Waals surface area contributed by atoms with Gasteiger partial charge in [0.2, 0.25) is 0 Å². The van der Waals surface area contributed by atoms with Crippen LogP contribution < -0.4 is 16.9 Å². The van der Waals surface area contributed by atoms with E-state index in [1.165, 1.54) is 16.9 Å². The average molecular weight is 436 g/mol. The summed E-state index contributed by atoms with van der Waals surface area (Å²) >= 11 is 0. The van der Waals surface area contributed by atoms with E-state index in [1.807, 2.05) is 30.3 Å². The summed E-state index contributed by atoms with van der Waals surface area (Å²) in [5.41, 5.74) is 9.96. The number of hydrogen-bond donors (Lipinski definition) is 4. The lowest BCUT2D eigenvalue weighted by Crippen LogP contribution is -2.33. The van der Waals surface area contributed by atoms with E-state index < -0.39 is 0 Å². The summed E-state index contributed by atoms with van der Waals surface area (Å²) < 4.78 is 0. The monoisotopic (exact) mass is 435 g/mol. The van der Waals surface area contributed by atoms with E-state index in [2.05, 4.69) is 46.5 Å². The standard InChI is InChI=1S/C24H33N7O/c1-17(2)12-21-14-19-13-20(29-30-23(19)28-21)10-6-7-11-31(26)16-22(25)24(32)27-15-18-8-4-3-5-9-18/h3-5,8-9,13-14,16-17H,6-7,10-12,15,25-26H2,1-2H3,(H,27,32)(H,28,30)/b22-16-. The number of aromatic amines is 1. The Hall–Kier alpha value is -3.39. The first-order valence-electron chi connectivity index (χ1n) is 11.1. The molecule has 0 saturated heterocycles. The number of unbranched alkanes of at least 4 members (excludes halogenated alkanes) is 1. The van der Waals surface area contributed by atoms with Crippen molar-refractivity contribution >= 4 is 16.9 Å². The van der Waals surface area contributed by atoms with E-state index in [-0.39, 0.29) is 11.6 Å². The number of nitrogens with two attached hydrogens (primary N) is 2. The number of benzene rings is 1. The largest absolute Gasteiger partial charge is 0.393 e. The van der Waals surface area contributed by atoms with Crippen LogP contribution in [0.1, 0.15) is 43.6 Å². The zero-order valence-corrected chi connectivity index (χ0v) is 18.8. The first-order chi connectivity index (χ1) is 15.4. The molecule has 0 spiro atoms. The van der Waals surface area contributed by atoms with E-state index >= 15 is 0 Å². The number of aryl methyl sites for hydroxylation is 1. The van der Waals surface area contributed by atoms with Crippen LogP contribution in [-0.4, -0.2) is 32.6 Å². The Morgan fingerprint density at radius 3 is 2.72 bits per heavy atom. The molecule has 0 aliphatic heterocycles. The number of aromatic nitrogens is 3. The zero-order chi connectivity index (χ0) is 22.9. The van der Waals surface area contributed by atoms with Crippen LogP contribution in [0.4, 0.5) is 0 Å². The van der Waals surface area contributed by atoms with Crippen LogP contribution in [-0.2, 0) is 24.2 Å². The SMILES string of the molecule is CC(C)Cc1cc2cc(CCCCN(N)/C=C(\N)C(=O)NCc3ccccc3)nnc2[nH]1. The highest BCUT2D eigenvalue weighted by atomic mass is 16.2. The van der Waals surface area contributed by atoms with Crippen molar-refractivity contribution in [3.63, 3.8) is 0 Å². The Kier molecular flexibility index (Phi) is 8.21. The molecule has 32 heavy (non-hydrogen) atoms. The highest BCUT2D eigenvalue weighted by molar-refractivity contribution is 5.92. The highest BCUT2D eigenvalue weighted by Crippen LogP contribution is 2.17. The maximum atomic E-state index is 12.1. The number of hydrazine groups is 1. The van der Waals surface area contributed by atoms with Crippen molar-refractivity contribution in [2.45, 2.75) is 46.1 Å². The van der Waals surface area contributed by atoms with Crippen LogP contribution in [0.2, 0.25) is 0 Å². The van der Waals surface area contributed by atoms with Gasteiger partial charge in [0.05, 0.1) is 5.69 Å². The first-order valence-corrected chi connectivity index (χ1v) is 11.1. The minimum atomic E-state index is -0.337. The van der Waals surface area contributed by atoms with Crippen LogP contribution in [0.5, 0.6) is 0 Å². The number of fused-ring (bicyclic) bond motifs is 1. The Morgan fingerprint density at radius 1 is 1.19 bits per heavy atom. The molecular weight excluding hydrogens is 402 g/mol. The molecule has 8 heteroatoms. The molecule has 0 radical (unpaired) electrons. The molecule has 6 N–H and O–H groups in total. The number of carbonyl (C=O) groups excluding carboxylic acids is 1. The number of nitrogens with zero attached hydrogens (tertiary/aromatic N) is 3. The van der Waals surface area contributed by atoms with E-state index in [1.54, 1.807) is 0 Å². The summed E-state index contributed by atoms with van der Waals surface area (Å²) in [6.45, 7) is 5.40. The summed E-state index contributed by atoms with van der Waals surface area (Å²) in [4.78, 5) is 15.5. The number of H-pyrrole nitrogens is 1. The zero-order valence-electron chi connectivity index (χ0n) is 18.8. The second-order valence-electron chi connectivity index (χ2n) is 8.48. The molecule has 2 heterocycles. The fourth-order valence-corrected chi connectivity index (χ4v) is 3.49. The molecule has 0 atom stereocenters. The molecule has 170 valence electrons. The summed E-state index contributed by atoms with van der Waals surface area (Å²) in [5, 5.41) is 14.0. The molecule has 1 aromatic carbocycles. The number of carbonyl (C=O) groups is 1. The van der Waals surface area contributed by atoms with Gasteiger partial charge in [-0.1, -0.05) is 44.2 Å². The van der Waals surface area contributed by atoms with Gasteiger partial charge in [-0.05, 0) is 49.3 Å².